The molecule has 1 N–H and O–H groups in total. The van der Waals surface area contributed by atoms with Gasteiger partial charge in [0.15, 0.2) is 0 Å². The average molecular weight is 545 g/mol. The molecule has 8 heteroatoms. The summed E-state index contributed by atoms with van der Waals surface area (Å²) < 4.78 is 1.93. The van der Waals surface area contributed by atoms with Gasteiger partial charge in [-0.05, 0) is 77.9 Å². The van der Waals surface area contributed by atoms with Gasteiger partial charge in [0.25, 0.3) is 5.56 Å². The summed E-state index contributed by atoms with van der Waals surface area (Å²) in [7, 11) is 1.51. The molecule has 1 aromatic heterocycles. The zero-order valence-electron chi connectivity index (χ0n) is 21.7. The molecule has 3 aliphatic rings. The van der Waals surface area contributed by atoms with Crippen LogP contribution in [-0.4, -0.2) is 41.7 Å². The van der Waals surface area contributed by atoms with E-state index >= 15 is 0 Å². The molecule has 3 saturated carbocycles. The summed E-state index contributed by atoms with van der Waals surface area (Å²) in [6.45, 7) is 13.5. The summed E-state index contributed by atoms with van der Waals surface area (Å²) in [5.74, 6) is 2.03. The lowest BCUT2D eigenvalue weighted by atomic mass is 9.45. The molecule has 3 aliphatic carbocycles. The van der Waals surface area contributed by atoms with Crippen LogP contribution >= 0.6 is 15.9 Å². The van der Waals surface area contributed by atoms with E-state index in [1.165, 1.54) is 18.2 Å². The zero-order chi connectivity index (χ0) is 25.3. The number of hydrogen-bond acceptors (Lipinski definition) is 6. The molecule has 2 bridgehead atoms. The SMILES string of the molecule is CCN(CC)c1ccc(/C(Cn2ncc(N[C@@H]3C[C@H]4C[C@@H]([C@H]3C)C4(C)C)c(Br)c2=O)=N\OC)cc1. The van der Waals surface area contributed by atoms with E-state index < -0.39 is 0 Å². The molecule has 35 heavy (non-hydrogen) atoms. The highest BCUT2D eigenvalue weighted by molar-refractivity contribution is 9.10. The first-order valence-corrected chi connectivity index (χ1v) is 13.5. The second kappa shape index (κ2) is 10.3. The first-order valence-electron chi connectivity index (χ1n) is 12.7. The molecule has 0 aliphatic heterocycles. The number of fused-ring (bicyclic) bond motifs is 2. The molecule has 0 amide bonds. The fourth-order valence-electron chi connectivity index (χ4n) is 6.10. The van der Waals surface area contributed by atoms with E-state index in [9.17, 15) is 4.79 Å². The van der Waals surface area contributed by atoms with Crippen molar-refractivity contribution in [3.63, 3.8) is 0 Å². The Morgan fingerprint density at radius 1 is 1.26 bits per heavy atom. The fourth-order valence-corrected chi connectivity index (χ4v) is 6.52. The van der Waals surface area contributed by atoms with E-state index in [0.717, 1.165) is 48.3 Å². The van der Waals surface area contributed by atoms with Gasteiger partial charge in [-0.1, -0.05) is 38.1 Å². The van der Waals surface area contributed by atoms with Crippen molar-refractivity contribution < 1.29 is 4.84 Å². The maximum absolute atomic E-state index is 13.2. The standard InChI is InChI=1S/C27H38BrN5O2/c1-7-32(8-2)20-11-9-18(10-12-20)24(31-35-6)16-33-26(34)25(28)23(15-29-33)30-22-14-19-13-21(17(22)3)27(19,4)5/h9-12,15,17,19,21-22,30H,7-8,13-14,16H2,1-6H3/b31-24-/t17-,19-,21+,22-/m1/s1. The normalized spacial score (nSPS) is 25.1. The molecule has 0 unspecified atom stereocenters. The smallest absolute Gasteiger partial charge is 0.283 e. The lowest BCUT2D eigenvalue weighted by molar-refractivity contribution is -0.105. The third-order valence-corrected chi connectivity index (χ3v) is 9.28. The molecule has 0 radical (unpaired) electrons. The largest absolute Gasteiger partial charge is 0.399 e. The Hall–Kier alpha value is -2.35. The number of nitrogens with one attached hydrogen (secondary N) is 1. The van der Waals surface area contributed by atoms with Gasteiger partial charge in [0.2, 0.25) is 0 Å². The van der Waals surface area contributed by atoms with Crippen LogP contribution in [0.4, 0.5) is 11.4 Å². The maximum Gasteiger partial charge on any atom is 0.283 e. The number of benzene rings is 1. The molecule has 1 aromatic carbocycles. The molecular weight excluding hydrogens is 506 g/mol. The predicted molar refractivity (Wildman–Crippen MR) is 146 cm³/mol. The topological polar surface area (TPSA) is 71.8 Å². The van der Waals surface area contributed by atoms with Crippen molar-refractivity contribution in [2.75, 3.05) is 30.4 Å². The van der Waals surface area contributed by atoms with Gasteiger partial charge in [-0.15, -0.1) is 0 Å². The molecule has 190 valence electrons. The van der Waals surface area contributed by atoms with Gasteiger partial charge in [-0.2, -0.15) is 5.10 Å². The molecular formula is C27H38BrN5O2. The van der Waals surface area contributed by atoms with Gasteiger partial charge in [0.05, 0.1) is 18.4 Å². The molecule has 1 heterocycles. The van der Waals surface area contributed by atoms with Crippen LogP contribution in [0.15, 0.2) is 44.9 Å². The lowest BCUT2D eigenvalue weighted by Crippen LogP contribution is -2.58. The number of rotatable bonds is 9. The van der Waals surface area contributed by atoms with Crippen molar-refractivity contribution in [2.45, 2.75) is 60.0 Å². The highest BCUT2D eigenvalue weighted by Crippen LogP contribution is 2.61. The summed E-state index contributed by atoms with van der Waals surface area (Å²) in [5, 5.41) is 12.3. The first-order chi connectivity index (χ1) is 16.7. The van der Waals surface area contributed by atoms with Crippen LogP contribution in [0.2, 0.25) is 0 Å². The van der Waals surface area contributed by atoms with Crippen LogP contribution in [0.25, 0.3) is 0 Å². The van der Waals surface area contributed by atoms with E-state index in [2.05, 4.69) is 83.2 Å². The van der Waals surface area contributed by atoms with Crippen LogP contribution in [0.3, 0.4) is 0 Å². The van der Waals surface area contributed by atoms with Gasteiger partial charge in [0, 0.05) is 30.4 Å². The third kappa shape index (κ3) is 4.86. The Morgan fingerprint density at radius 3 is 2.51 bits per heavy atom. The molecule has 3 fully saturated rings. The van der Waals surface area contributed by atoms with Gasteiger partial charge < -0.3 is 15.1 Å². The number of halogens is 1. The van der Waals surface area contributed by atoms with Crippen molar-refractivity contribution in [3.8, 4) is 0 Å². The lowest BCUT2D eigenvalue weighted by Gasteiger charge is -2.62. The van der Waals surface area contributed by atoms with E-state index in [4.69, 9.17) is 4.84 Å². The van der Waals surface area contributed by atoms with E-state index in [1.54, 1.807) is 6.20 Å². The first kappa shape index (κ1) is 25.7. The van der Waals surface area contributed by atoms with E-state index in [0.29, 0.717) is 27.6 Å². The molecule has 4 atom stereocenters. The Labute approximate surface area is 217 Å². The fraction of sp³-hybridized carbons (Fsp3) is 0.593. The summed E-state index contributed by atoms with van der Waals surface area (Å²) in [6.07, 6.45) is 4.21. The summed E-state index contributed by atoms with van der Waals surface area (Å²) in [6, 6.07) is 8.53. The number of anilines is 2. The molecule has 7 nitrogen and oxygen atoms in total. The van der Waals surface area contributed by atoms with E-state index in [-0.39, 0.29) is 12.1 Å². The monoisotopic (exact) mass is 543 g/mol. The third-order valence-electron chi connectivity index (χ3n) is 8.51. The van der Waals surface area contributed by atoms with Crippen LogP contribution in [0, 0.1) is 23.2 Å². The minimum atomic E-state index is -0.187. The predicted octanol–water partition coefficient (Wildman–Crippen LogP) is 5.39. The Balaban J connectivity index is 1.51. The molecule has 0 spiro atoms. The number of oxime groups is 1. The molecule has 5 rings (SSSR count). The second-order valence-electron chi connectivity index (χ2n) is 10.5. The molecule has 2 aromatic rings. The number of hydrogen-bond donors (Lipinski definition) is 1. The van der Waals surface area contributed by atoms with Crippen LogP contribution < -0.4 is 15.8 Å². The highest BCUT2D eigenvalue weighted by atomic mass is 79.9. The Morgan fingerprint density at radius 2 is 1.94 bits per heavy atom. The van der Waals surface area contributed by atoms with Gasteiger partial charge in [0.1, 0.15) is 17.3 Å². The van der Waals surface area contributed by atoms with E-state index in [1.807, 2.05) is 12.1 Å². The summed E-state index contributed by atoms with van der Waals surface area (Å²) in [5.41, 5.74) is 3.69. The minimum absolute atomic E-state index is 0.187. The van der Waals surface area contributed by atoms with Gasteiger partial charge in [-0.25, -0.2) is 4.68 Å². The maximum atomic E-state index is 13.2. The van der Waals surface area contributed by atoms with Gasteiger partial charge >= 0.3 is 0 Å². The Kier molecular flexibility index (Phi) is 7.60. The second-order valence-corrected chi connectivity index (χ2v) is 11.3. The number of aromatic nitrogens is 2. The zero-order valence-corrected chi connectivity index (χ0v) is 23.3. The minimum Gasteiger partial charge on any atom is -0.399 e. The summed E-state index contributed by atoms with van der Waals surface area (Å²) >= 11 is 3.54. The quantitative estimate of drug-likeness (QED) is 0.339. The van der Waals surface area contributed by atoms with Crippen molar-refractivity contribution >= 4 is 33.0 Å². The molecule has 0 saturated heterocycles. The average Bonchev–Trinajstić information content (AvgIpc) is 2.85. The Bertz CT molecular complexity index is 1120. The van der Waals surface area contributed by atoms with Crippen LogP contribution in [0.1, 0.15) is 53.0 Å². The van der Waals surface area contributed by atoms with Crippen LogP contribution in [0.5, 0.6) is 0 Å². The van der Waals surface area contributed by atoms with Gasteiger partial charge in [-0.3, -0.25) is 4.79 Å². The number of nitrogens with zero attached hydrogens (tertiary/aromatic N) is 4. The van der Waals surface area contributed by atoms with Crippen molar-refractivity contribution in [1.82, 2.24) is 9.78 Å². The van der Waals surface area contributed by atoms with Crippen molar-refractivity contribution in [3.05, 3.63) is 50.9 Å². The van der Waals surface area contributed by atoms with Crippen LogP contribution in [-0.2, 0) is 11.4 Å². The van der Waals surface area contributed by atoms with Crippen molar-refractivity contribution in [1.29, 1.82) is 0 Å². The highest BCUT2D eigenvalue weighted by Gasteiger charge is 2.56. The summed E-state index contributed by atoms with van der Waals surface area (Å²) in [4.78, 5) is 20.6. The van der Waals surface area contributed by atoms with Crippen molar-refractivity contribution in [2.24, 2.45) is 28.3 Å².